The maximum absolute atomic E-state index is 10.2. The Labute approximate surface area is 167 Å². The summed E-state index contributed by atoms with van der Waals surface area (Å²) in [6.07, 6.45) is 0. The van der Waals surface area contributed by atoms with Gasteiger partial charge in [-0.1, -0.05) is 0 Å². The van der Waals surface area contributed by atoms with Gasteiger partial charge in [-0.3, -0.25) is 0 Å². The molecule has 116 valence electrons. The standard InChI is InChI=1S/2C7H6O4.Sr/c2*8-4-1-2-6(9)5(3-4)7(10)11;/h2*1-3,8-9H,(H,10,11);/q;;+2/p-2. The van der Waals surface area contributed by atoms with E-state index >= 15 is 0 Å². The second-order valence-electron chi connectivity index (χ2n) is 3.98. The fourth-order valence-corrected chi connectivity index (χ4v) is 1.38. The number of rotatable bonds is 2. The van der Waals surface area contributed by atoms with Crippen molar-refractivity contribution in [3.63, 3.8) is 0 Å². The molecule has 2 aromatic carbocycles. The van der Waals surface area contributed by atoms with Gasteiger partial charge in [0, 0.05) is 11.1 Å². The van der Waals surface area contributed by atoms with Crippen molar-refractivity contribution in [3.8, 4) is 23.0 Å². The van der Waals surface area contributed by atoms with Gasteiger partial charge in [-0.15, -0.1) is 0 Å². The summed E-state index contributed by atoms with van der Waals surface area (Å²) in [6, 6.07) is 6.37. The van der Waals surface area contributed by atoms with Crippen LogP contribution in [0.3, 0.4) is 0 Å². The molecule has 0 saturated heterocycles. The number of phenolic OH excluding ortho intramolecular Hbond substituents is 2. The molecule has 9 heteroatoms. The Hall–Kier alpha value is -1.94. The molecule has 4 N–H and O–H groups in total. The number of phenols is 4. The molecule has 0 fully saturated rings. The predicted octanol–water partition coefficient (Wildman–Crippen LogP) is -1.46. The van der Waals surface area contributed by atoms with Gasteiger partial charge in [-0.05, 0) is 36.4 Å². The number of carbonyl (C=O) groups excluding carboxylic acids is 2. The van der Waals surface area contributed by atoms with Crippen molar-refractivity contribution in [1.82, 2.24) is 0 Å². The SMILES string of the molecule is O=C([O-])c1cc(O)ccc1O.O=C([O-])c1cc(O)ccc1O.[Sr+2]. The monoisotopic (exact) mass is 394 g/mol. The summed E-state index contributed by atoms with van der Waals surface area (Å²) in [6.45, 7) is 0. The molecule has 0 saturated carbocycles. The number of hydrogen-bond acceptors (Lipinski definition) is 8. The van der Waals surface area contributed by atoms with E-state index in [0.717, 1.165) is 24.3 Å². The fraction of sp³-hybridized carbons (Fsp3) is 0. The van der Waals surface area contributed by atoms with E-state index in [1.54, 1.807) is 0 Å². The Morgan fingerprint density at radius 2 is 1.00 bits per heavy atom. The minimum Gasteiger partial charge on any atom is -0.545 e. The first-order valence-electron chi connectivity index (χ1n) is 5.69. The minimum atomic E-state index is -1.52. The molecule has 0 aromatic heterocycles. The Bertz CT molecular complexity index is 652. The Kier molecular flexibility index (Phi) is 8.48. The normalized spacial score (nSPS) is 9.04. The van der Waals surface area contributed by atoms with E-state index in [0.29, 0.717) is 0 Å². The van der Waals surface area contributed by atoms with Gasteiger partial charge >= 0.3 is 45.5 Å². The molecule has 2 rings (SSSR count). The van der Waals surface area contributed by atoms with E-state index in [1.807, 2.05) is 0 Å². The number of aromatic hydroxyl groups is 4. The van der Waals surface area contributed by atoms with Crippen molar-refractivity contribution in [1.29, 1.82) is 0 Å². The van der Waals surface area contributed by atoms with Crippen molar-refractivity contribution in [2.24, 2.45) is 0 Å². The number of benzene rings is 2. The molecular weight excluding hydrogens is 384 g/mol. The van der Waals surface area contributed by atoms with Crippen LogP contribution in [0.15, 0.2) is 36.4 Å². The number of carboxylic acid groups (broad SMARTS) is 2. The smallest absolute Gasteiger partial charge is 0.545 e. The molecule has 0 radical (unpaired) electrons. The van der Waals surface area contributed by atoms with Crippen LogP contribution in [0, 0.1) is 0 Å². The van der Waals surface area contributed by atoms with Crippen LogP contribution in [0.2, 0.25) is 0 Å². The zero-order valence-electron chi connectivity index (χ0n) is 11.6. The van der Waals surface area contributed by atoms with Crippen LogP contribution in [0.5, 0.6) is 23.0 Å². The number of carboxylic acids is 2. The van der Waals surface area contributed by atoms with Crippen LogP contribution >= 0.6 is 0 Å². The molecule has 2 aromatic rings. The first-order chi connectivity index (χ1) is 10.2. The summed E-state index contributed by atoms with van der Waals surface area (Å²) < 4.78 is 0. The minimum absolute atomic E-state index is 0. The first-order valence-corrected chi connectivity index (χ1v) is 5.69. The Balaban J connectivity index is 0.000000403. The summed E-state index contributed by atoms with van der Waals surface area (Å²) >= 11 is 0. The van der Waals surface area contributed by atoms with Gasteiger partial charge in [0.1, 0.15) is 23.0 Å². The second kappa shape index (κ2) is 9.26. The van der Waals surface area contributed by atoms with Crippen molar-refractivity contribution < 1.29 is 40.2 Å². The molecule has 0 atom stereocenters. The van der Waals surface area contributed by atoms with E-state index < -0.39 is 34.6 Å². The Morgan fingerprint density at radius 3 is 1.22 bits per heavy atom. The fourth-order valence-electron chi connectivity index (χ4n) is 1.38. The Morgan fingerprint density at radius 1 is 0.696 bits per heavy atom. The van der Waals surface area contributed by atoms with Crippen molar-refractivity contribution in [3.05, 3.63) is 47.5 Å². The average molecular weight is 394 g/mol. The maximum Gasteiger partial charge on any atom is 2.00 e. The molecule has 8 nitrogen and oxygen atoms in total. The van der Waals surface area contributed by atoms with Crippen molar-refractivity contribution in [2.45, 2.75) is 0 Å². The number of hydrogen-bond donors (Lipinski definition) is 4. The van der Waals surface area contributed by atoms with E-state index in [9.17, 15) is 19.8 Å². The zero-order chi connectivity index (χ0) is 16.9. The summed E-state index contributed by atoms with van der Waals surface area (Å²) in [5, 5.41) is 55.7. The third-order valence-electron chi connectivity index (χ3n) is 2.40. The van der Waals surface area contributed by atoms with Crippen LogP contribution in [-0.2, 0) is 0 Å². The van der Waals surface area contributed by atoms with Gasteiger partial charge in [-0.25, -0.2) is 0 Å². The van der Waals surface area contributed by atoms with Crippen LogP contribution in [-0.4, -0.2) is 77.8 Å². The number of carbonyl (C=O) groups is 2. The van der Waals surface area contributed by atoms with Crippen molar-refractivity contribution >= 4 is 57.4 Å². The van der Waals surface area contributed by atoms with E-state index in [-0.39, 0.29) is 57.0 Å². The van der Waals surface area contributed by atoms with Gasteiger partial charge in [0.25, 0.3) is 0 Å². The van der Waals surface area contributed by atoms with Gasteiger partial charge in [-0.2, -0.15) is 0 Å². The van der Waals surface area contributed by atoms with Gasteiger partial charge < -0.3 is 40.2 Å². The molecule has 0 amide bonds. The molecule has 0 heterocycles. The third-order valence-corrected chi connectivity index (χ3v) is 2.40. The molecule has 0 unspecified atom stereocenters. The molecule has 0 bridgehead atoms. The molecule has 0 aliphatic heterocycles. The average Bonchev–Trinajstić information content (AvgIpc) is 2.44. The summed E-state index contributed by atoms with van der Waals surface area (Å²) in [7, 11) is 0. The third kappa shape index (κ3) is 6.37. The molecule has 0 aliphatic rings. The van der Waals surface area contributed by atoms with Crippen LogP contribution < -0.4 is 10.2 Å². The van der Waals surface area contributed by atoms with Crippen LogP contribution in [0.4, 0.5) is 0 Å². The maximum atomic E-state index is 10.2. The molecular formula is C14H10O8Sr. The largest absolute Gasteiger partial charge is 2.00 e. The summed E-state index contributed by atoms with van der Waals surface area (Å²) in [4.78, 5) is 20.4. The van der Waals surface area contributed by atoms with Crippen LogP contribution in [0.1, 0.15) is 20.7 Å². The summed E-state index contributed by atoms with van der Waals surface area (Å²) in [5.74, 6) is -4.30. The van der Waals surface area contributed by atoms with E-state index in [1.165, 1.54) is 12.1 Å². The van der Waals surface area contributed by atoms with Crippen LogP contribution in [0.25, 0.3) is 0 Å². The molecule has 0 spiro atoms. The summed E-state index contributed by atoms with van der Waals surface area (Å²) in [5.41, 5.74) is -0.824. The number of aromatic carboxylic acids is 2. The quantitative estimate of drug-likeness (QED) is 0.355. The van der Waals surface area contributed by atoms with Gasteiger partial charge in [0.05, 0.1) is 11.9 Å². The predicted molar refractivity (Wildman–Crippen MR) is 74.0 cm³/mol. The van der Waals surface area contributed by atoms with Gasteiger partial charge in [0.2, 0.25) is 0 Å². The van der Waals surface area contributed by atoms with Gasteiger partial charge in [0.15, 0.2) is 0 Å². The first kappa shape index (κ1) is 21.1. The topological polar surface area (TPSA) is 161 Å². The second-order valence-corrected chi connectivity index (χ2v) is 3.98. The van der Waals surface area contributed by atoms with E-state index in [4.69, 9.17) is 20.4 Å². The molecule has 23 heavy (non-hydrogen) atoms. The molecule has 0 aliphatic carbocycles. The van der Waals surface area contributed by atoms with E-state index in [2.05, 4.69) is 0 Å². The zero-order valence-corrected chi connectivity index (χ0v) is 15.1. The van der Waals surface area contributed by atoms with Crippen molar-refractivity contribution in [2.75, 3.05) is 0 Å².